The Morgan fingerprint density at radius 3 is 2.67 bits per heavy atom. The van der Waals surface area contributed by atoms with Crippen molar-refractivity contribution in [1.82, 2.24) is 9.78 Å². The van der Waals surface area contributed by atoms with Crippen molar-refractivity contribution in [2.75, 3.05) is 0 Å². The highest BCUT2D eigenvalue weighted by molar-refractivity contribution is 9.10. The van der Waals surface area contributed by atoms with Gasteiger partial charge >= 0.3 is 0 Å². The summed E-state index contributed by atoms with van der Waals surface area (Å²) in [5, 5.41) is 3.96. The van der Waals surface area contributed by atoms with E-state index in [4.69, 9.17) is 11.6 Å². The molecule has 1 atom stereocenters. The van der Waals surface area contributed by atoms with Gasteiger partial charge in [-0.15, -0.1) is 0 Å². The second-order valence-electron chi connectivity index (χ2n) is 2.71. The predicted molar refractivity (Wildman–Crippen MR) is 43.5 cm³/mol. The van der Waals surface area contributed by atoms with Gasteiger partial charge in [-0.1, -0.05) is 11.6 Å². The molecule has 1 fully saturated rings. The average Bonchev–Trinajstić information content (AvgIpc) is 2.47. The van der Waals surface area contributed by atoms with Crippen LogP contribution >= 0.6 is 27.5 Å². The zero-order valence-corrected chi connectivity index (χ0v) is 8.11. The fourth-order valence-corrected chi connectivity index (χ4v) is 1.49. The van der Waals surface area contributed by atoms with Gasteiger partial charge in [-0.05, 0) is 15.9 Å². The smallest absolute Gasteiger partial charge is 0.243 e. The number of rotatable bonds is 1. The van der Waals surface area contributed by atoms with E-state index in [-0.39, 0.29) is 11.6 Å². The molecule has 2 nitrogen and oxygen atoms in total. The standard InChI is InChI=1S/C6H4BrClF2N2/c7-3-2-11-12(5(3)8)4-1-6(4,9)10/h2,4H,1H2. The van der Waals surface area contributed by atoms with E-state index in [2.05, 4.69) is 21.0 Å². The number of hydrogen-bond donors (Lipinski definition) is 0. The number of halogens is 4. The Balaban J connectivity index is 2.31. The molecule has 0 spiro atoms. The summed E-state index contributed by atoms with van der Waals surface area (Å²) in [7, 11) is 0. The van der Waals surface area contributed by atoms with E-state index in [9.17, 15) is 8.78 Å². The zero-order chi connectivity index (χ0) is 8.93. The fourth-order valence-electron chi connectivity index (χ4n) is 1.01. The van der Waals surface area contributed by atoms with Crippen LogP contribution in [0.3, 0.4) is 0 Å². The lowest BCUT2D eigenvalue weighted by molar-refractivity contribution is 0.0984. The van der Waals surface area contributed by atoms with Crippen LogP contribution < -0.4 is 0 Å². The van der Waals surface area contributed by atoms with E-state index in [1.54, 1.807) is 0 Å². The summed E-state index contributed by atoms with van der Waals surface area (Å²) in [5.41, 5.74) is 0. The average molecular weight is 257 g/mol. The van der Waals surface area contributed by atoms with Crippen LogP contribution in [-0.2, 0) is 0 Å². The van der Waals surface area contributed by atoms with E-state index in [1.807, 2.05) is 0 Å². The molecule has 0 bridgehead atoms. The van der Waals surface area contributed by atoms with Crippen molar-refractivity contribution >= 4 is 27.5 Å². The topological polar surface area (TPSA) is 17.8 Å². The minimum absolute atomic E-state index is 0.166. The van der Waals surface area contributed by atoms with Crippen LogP contribution in [0, 0.1) is 0 Å². The summed E-state index contributed by atoms with van der Waals surface area (Å²) < 4.78 is 26.8. The van der Waals surface area contributed by atoms with E-state index >= 15 is 0 Å². The molecule has 1 aliphatic carbocycles. The molecule has 6 heteroatoms. The number of aromatic nitrogens is 2. The maximum atomic E-state index is 12.5. The lowest BCUT2D eigenvalue weighted by Crippen LogP contribution is -2.03. The van der Waals surface area contributed by atoms with E-state index < -0.39 is 12.0 Å². The van der Waals surface area contributed by atoms with Crippen molar-refractivity contribution in [2.45, 2.75) is 18.4 Å². The lowest BCUT2D eigenvalue weighted by Gasteiger charge is -1.99. The second-order valence-corrected chi connectivity index (χ2v) is 3.92. The molecule has 1 aromatic heterocycles. The van der Waals surface area contributed by atoms with Crippen LogP contribution in [0.5, 0.6) is 0 Å². The van der Waals surface area contributed by atoms with Gasteiger partial charge in [0.2, 0.25) is 0 Å². The fraction of sp³-hybridized carbons (Fsp3) is 0.500. The highest BCUT2D eigenvalue weighted by Crippen LogP contribution is 2.53. The van der Waals surface area contributed by atoms with Crippen LogP contribution in [0.2, 0.25) is 5.15 Å². The monoisotopic (exact) mass is 256 g/mol. The van der Waals surface area contributed by atoms with Crippen molar-refractivity contribution in [3.8, 4) is 0 Å². The van der Waals surface area contributed by atoms with Crippen molar-refractivity contribution in [3.05, 3.63) is 15.8 Å². The van der Waals surface area contributed by atoms with Crippen molar-refractivity contribution in [1.29, 1.82) is 0 Å². The predicted octanol–water partition coefficient (Wildman–Crippen LogP) is 2.88. The molecule has 12 heavy (non-hydrogen) atoms. The quantitative estimate of drug-likeness (QED) is 0.756. The summed E-state index contributed by atoms with van der Waals surface area (Å²) >= 11 is 8.78. The molecule has 1 heterocycles. The Bertz CT molecular complexity index is 325. The highest BCUT2D eigenvalue weighted by Gasteiger charge is 2.59. The summed E-state index contributed by atoms with van der Waals surface area (Å²) in [5.74, 6) is -2.63. The SMILES string of the molecule is FC1(F)CC1n1ncc(Br)c1Cl. The van der Waals surface area contributed by atoms with Gasteiger partial charge in [-0.2, -0.15) is 5.10 Å². The maximum absolute atomic E-state index is 12.5. The van der Waals surface area contributed by atoms with Crippen molar-refractivity contribution < 1.29 is 8.78 Å². The lowest BCUT2D eigenvalue weighted by atomic mass is 10.6. The van der Waals surface area contributed by atoms with E-state index in [0.717, 1.165) is 4.68 Å². The Morgan fingerprint density at radius 2 is 2.33 bits per heavy atom. The number of hydrogen-bond acceptors (Lipinski definition) is 1. The first-order chi connectivity index (χ1) is 5.52. The molecule has 0 aromatic carbocycles. The molecule has 1 aromatic rings. The zero-order valence-electron chi connectivity index (χ0n) is 5.77. The van der Waals surface area contributed by atoms with Crippen LogP contribution in [-0.4, -0.2) is 15.7 Å². The number of alkyl halides is 2. The summed E-state index contributed by atoms with van der Waals surface area (Å²) in [6, 6.07) is -0.851. The molecule has 1 aliphatic rings. The van der Waals surface area contributed by atoms with Crippen molar-refractivity contribution in [2.24, 2.45) is 0 Å². The molecule has 66 valence electrons. The summed E-state index contributed by atoms with van der Waals surface area (Å²) in [6.45, 7) is 0. The minimum Gasteiger partial charge on any atom is -0.243 e. The maximum Gasteiger partial charge on any atom is 0.272 e. The first-order valence-electron chi connectivity index (χ1n) is 3.29. The van der Waals surface area contributed by atoms with Gasteiger partial charge < -0.3 is 0 Å². The van der Waals surface area contributed by atoms with Crippen LogP contribution in [0.1, 0.15) is 12.5 Å². The molecule has 0 saturated heterocycles. The van der Waals surface area contributed by atoms with E-state index in [0.29, 0.717) is 4.47 Å². The van der Waals surface area contributed by atoms with Crippen LogP contribution in [0.25, 0.3) is 0 Å². The van der Waals surface area contributed by atoms with Gasteiger partial charge in [-0.3, -0.25) is 0 Å². The molecule has 2 rings (SSSR count). The number of nitrogens with zero attached hydrogens (tertiary/aromatic N) is 2. The Labute approximate surface area is 80.6 Å². The van der Waals surface area contributed by atoms with Gasteiger partial charge in [0.25, 0.3) is 5.92 Å². The van der Waals surface area contributed by atoms with Crippen molar-refractivity contribution in [3.63, 3.8) is 0 Å². The Kier molecular flexibility index (Phi) is 1.70. The van der Waals surface area contributed by atoms with Crippen LogP contribution in [0.4, 0.5) is 8.78 Å². The van der Waals surface area contributed by atoms with Gasteiger partial charge in [0.05, 0.1) is 10.7 Å². The second kappa shape index (κ2) is 2.42. The first-order valence-corrected chi connectivity index (χ1v) is 4.46. The van der Waals surface area contributed by atoms with E-state index in [1.165, 1.54) is 6.20 Å². The Hall–Kier alpha value is -0.160. The third-order valence-electron chi connectivity index (χ3n) is 1.78. The molecule has 0 N–H and O–H groups in total. The normalized spacial score (nSPS) is 25.8. The molecule has 0 aliphatic heterocycles. The summed E-state index contributed by atoms with van der Waals surface area (Å²) in [6.07, 6.45) is 1.25. The largest absolute Gasteiger partial charge is 0.272 e. The molecule has 1 unspecified atom stereocenters. The minimum atomic E-state index is -2.63. The highest BCUT2D eigenvalue weighted by atomic mass is 79.9. The third-order valence-corrected chi connectivity index (χ3v) is 2.97. The molecule has 0 amide bonds. The third kappa shape index (κ3) is 1.15. The molecular formula is C6H4BrClF2N2. The van der Waals surface area contributed by atoms with Gasteiger partial charge in [-0.25, -0.2) is 13.5 Å². The van der Waals surface area contributed by atoms with Gasteiger partial charge in [0.1, 0.15) is 11.2 Å². The van der Waals surface area contributed by atoms with Gasteiger partial charge in [0.15, 0.2) is 0 Å². The van der Waals surface area contributed by atoms with Gasteiger partial charge in [0, 0.05) is 6.42 Å². The summed E-state index contributed by atoms with van der Waals surface area (Å²) in [4.78, 5) is 0. The molecule has 0 radical (unpaired) electrons. The van der Waals surface area contributed by atoms with Crippen LogP contribution in [0.15, 0.2) is 10.7 Å². The molecule has 1 saturated carbocycles. The Morgan fingerprint density at radius 1 is 1.75 bits per heavy atom. The first kappa shape index (κ1) is 8.44. The molecular weight excluding hydrogens is 253 g/mol.